The number of hydrogen-bond donors (Lipinski definition) is 4. The third-order valence-corrected chi connectivity index (χ3v) is 8.24. The molecule has 11 heteroatoms. The van der Waals surface area contributed by atoms with E-state index in [9.17, 15) is 18.3 Å². The summed E-state index contributed by atoms with van der Waals surface area (Å²) in [5, 5.41) is 13.4. The minimum atomic E-state index is -3.20. The number of hydrogen-bond acceptors (Lipinski definition) is 7. The molecule has 1 aliphatic rings. The molecule has 0 aliphatic carbocycles. The minimum Gasteiger partial charge on any atom is -0.394 e. The Hall–Kier alpha value is -3.67. The Balaban J connectivity index is 1.44. The van der Waals surface area contributed by atoms with Crippen molar-refractivity contribution in [3.8, 4) is 11.4 Å². The maximum Gasteiger partial charge on any atom is 0.261 e. The molecule has 0 bridgehead atoms. The Kier molecular flexibility index (Phi) is 7.24. The van der Waals surface area contributed by atoms with Crippen LogP contribution in [0, 0.1) is 6.92 Å². The first-order valence-electron chi connectivity index (χ1n) is 12.6. The van der Waals surface area contributed by atoms with Crippen LogP contribution in [-0.2, 0) is 16.4 Å². The minimum absolute atomic E-state index is 0.101. The molecule has 0 radical (unpaired) electrons. The lowest BCUT2D eigenvalue weighted by atomic mass is 10.1. The van der Waals surface area contributed by atoms with E-state index in [-0.39, 0.29) is 18.2 Å². The fourth-order valence-corrected chi connectivity index (χ4v) is 5.79. The average Bonchev–Trinajstić information content (AvgIpc) is 3.33. The number of sulfonamides is 1. The number of fused-ring (bicyclic) bond motifs is 1. The molecule has 5 rings (SSSR count). The number of imidazole rings is 1. The number of aryl methyl sites for hydroxylation is 1. The third-order valence-electron chi connectivity index (χ3n) is 6.94. The summed E-state index contributed by atoms with van der Waals surface area (Å²) in [6.07, 6.45) is 3.41. The number of nitrogens with one attached hydrogen (secondary N) is 3. The average molecular weight is 537 g/mol. The van der Waals surface area contributed by atoms with E-state index in [0.29, 0.717) is 49.7 Å². The molecule has 1 atom stereocenters. The van der Waals surface area contributed by atoms with Crippen LogP contribution < -0.4 is 15.8 Å². The molecular formula is C27H32N6O4S. The second kappa shape index (κ2) is 10.6. The van der Waals surface area contributed by atoms with Gasteiger partial charge in [0.05, 0.1) is 35.6 Å². The molecule has 0 saturated carbocycles. The van der Waals surface area contributed by atoms with E-state index in [4.69, 9.17) is 4.98 Å². The standard InChI is InChI=1S/C27H32N6O4S/c1-18-14-21(32-10-12-33(13-11-32)38(2,36)37)16-23-25(18)31-26(30-23)24-22(8-9-28-27(24)35)29-20(17-34)15-19-6-4-3-5-7-19/h3-9,14,16,20,34H,10-13,15,17H2,1-2H3,(H,30,31)(H2,28,29,35)/t20-/m0/s1. The van der Waals surface area contributed by atoms with Crippen molar-refractivity contribution >= 4 is 32.4 Å². The van der Waals surface area contributed by atoms with Gasteiger partial charge in [-0.3, -0.25) is 4.79 Å². The number of nitrogens with zero attached hydrogens (tertiary/aromatic N) is 3. The first-order valence-corrected chi connectivity index (χ1v) is 14.4. The summed E-state index contributed by atoms with van der Waals surface area (Å²) >= 11 is 0. The number of aliphatic hydroxyl groups excluding tert-OH is 1. The molecule has 2 aromatic carbocycles. The highest BCUT2D eigenvalue weighted by molar-refractivity contribution is 7.88. The van der Waals surface area contributed by atoms with E-state index in [1.165, 1.54) is 10.6 Å². The predicted molar refractivity (Wildman–Crippen MR) is 150 cm³/mol. The van der Waals surface area contributed by atoms with Crippen LogP contribution >= 0.6 is 0 Å². The molecule has 38 heavy (non-hydrogen) atoms. The lowest BCUT2D eigenvalue weighted by molar-refractivity contribution is 0.274. The quantitative estimate of drug-likeness (QED) is 0.272. The number of anilines is 2. The number of pyridine rings is 1. The summed E-state index contributed by atoms with van der Waals surface area (Å²) in [4.78, 5) is 26.0. The molecule has 0 spiro atoms. The molecule has 1 fully saturated rings. The van der Waals surface area contributed by atoms with E-state index >= 15 is 0 Å². The van der Waals surface area contributed by atoms with Gasteiger partial charge >= 0.3 is 0 Å². The fraction of sp³-hybridized carbons (Fsp3) is 0.333. The molecule has 200 valence electrons. The monoisotopic (exact) mass is 536 g/mol. The van der Waals surface area contributed by atoms with Gasteiger partial charge in [-0.05, 0) is 42.7 Å². The van der Waals surface area contributed by atoms with Gasteiger partial charge in [-0.25, -0.2) is 13.4 Å². The first-order chi connectivity index (χ1) is 18.2. The number of H-pyrrole nitrogens is 2. The van der Waals surface area contributed by atoms with Crippen LogP contribution in [0.25, 0.3) is 22.4 Å². The first kappa shape index (κ1) is 26.0. The highest BCUT2D eigenvalue weighted by Gasteiger charge is 2.24. The van der Waals surface area contributed by atoms with Gasteiger partial charge in [-0.1, -0.05) is 30.3 Å². The number of aliphatic hydroxyl groups is 1. The van der Waals surface area contributed by atoms with Crippen molar-refractivity contribution in [2.75, 3.05) is 49.3 Å². The molecule has 0 amide bonds. The number of benzene rings is 2. The molecular weight excluding hydrogens is 504 g/mol. The van der Waals surface area contributed by atoms with Crippen LogP contribution in [0.2, 0.25) is 0 Å². The Morgan fingerprint density at radius 1 is 1.11 bits per heavy atom. The number of aromatic nitrogens is 3. The van der Waals surface area contributed by atoms with Crippen LogP contribution in [0.5, 0.6) is 0 Å². The van der Waals surface area contributed by atoms with Gasteiger partial charge in [0, 0.05) is 38.1 Å². The zero-order valence-corrected chi connectivity index (χ0v) is 22.3. The number of piperazine rings is 1. The fourth-order valence-electron chi connectivity index (χ4n) is 4.96. The molecule has 3 heterocycles. The summed E-state index contributed by atoms with van der Waals surface area (Å²) in [7, 11) is -3.20. The van der Waals surface area contributed by atoms with Gasteiger partial charge in [0.15, 0.2) is 0 Å². The molecule has 1 saturated heterocycles. The summed E-state index contributed by atoms with van der Waals surface area (Å²) < 4.78 is 25.2. The predicted octanol–water partition coefficient (Wildman–Crippen LogP) is 2.32. The van der Waals surface area contributed by atoms with E-state index in [1.54, 1.807) is 12.3 Å². The lowest BCUT2D eigenvalue weighted by Gasteiger charge is -2.34. The SMILES string of the molecule is Cc1cc(N2CCN(S(C)(=O)=O)CC2)cc2[nH]c(-c3c(N[C@H](CO)Cc4ccccc4)cc[nH]c3=O)nc12. The van der Waals surface area contributed by atoms with Gasteiger partial charge in [0.1, 0.15) is 11.4 Å². The van der Waals surface area contributed by atoms with Gasteiger partial charge in [-0.2, -0.15) is 4.31 Å². The smallest absolute Gasteiger partial charge is 0.261 e. The van der Waals surface area contributed by atoms with Crippen LogP contribution in [0.3, 0.4) is 0 Å². The summed E-state index contributed by atoms with van der Waals surface area (Å²) in [5.41, 5.74) is 5.21. The second-order valence-electron chi connectivity index (χ2n) is 9.70. The van der Waals surface area contributed by atoms with Gasteiger partial charge in [-0.15, -0.1) is 0 Å². The summed E-state index contributed by atoms with van der Waals surface area (Å²) in [6, 6.07) is 15.4. The zero-order chi connectivity index (χ0) is 26.9. The third kappa shape index (κ3) is 5.45. The van der Waals surface area contributed by atoms with E-state index in [0.717, 1.165) is 27.8 Å². The lowest BCUT2D eigenvalue weighted by Crippen LogP contribution is -2.48. The maximum absolute atomic E-state index is 13.0. The van der Waals surface area contributed by atoms with Crippen LogP contribution in [-0.4, -0.2) is 77.9 Å². The van der Waals surface area contributed by atoms with E-state index in [2.05, 4.69) is 20.2 Å². The molecule has 2 aromatic heterocycles. The largest absolute Gasteiger partial charge is 0.394 e. The Labute approximate surface area is 221 Å². The Morgan fingerprint density at radius 3 is 2.53 bits per heavy atom. The molecule has 0 unspecified atom stereocenters. The summed E-state index contributed by atoms with van der Waals surface area (Å²) in [6.45, 7) is 3.93. The molecule has 10 nitrogen and oxygen atoms in total. The van der Waals surface area contributed by atoms with Gasteiger partial charge in [0.25, 0.3) is 5.56 Å². The van der Waals surface area contributed by atoms with Crippen LogP contribution in [0.4, 0.5) is 11.4 Å². The van der Waals surface area contributed by atoms with Gasteiger partial charge in [0.2, 0.25) is 10.0 Å². The maximum atomic E-state index is 13.0. The highest BCUT2D eigenvalue weighted by Crippen LogP contribution is 2.30. The van der Waals surface area contributed by atoms with E-state index < -0.39 is 10.0 Å². The van der Waals surface area contributed by atoms with Crippen molar-refractivity contribution in [2.45, 2.75) is 19.4 Å². The van der Waals surface area contributed by atoms with Crippen molar-refractivity contribution in [1.29, 1.82) is 0 Å². The summed E-state index contributed by atoms with van der Waals surface area (Å²) in [5.74, 6) is 0.433. The van der Waals surface area contributed by atoms with Crippen LogP contribution in [0.15, 0.2) is 59.5 Å². The Bertz CT molecular complexity index is 1590. The molecule has 4 aromatic rings. The number of aromatic amines is 2. The van der Waals surface area contributed by atoms with Crippen molar-refractivity contribution in [2.24, 2.45) is 0 Å². The van der Waals surface area contributed by atoms with Gasteiger partial charge < -0.3 is 25.3 Å². The van der Waals surface area contributed by atoms with Crippen molar-refractivity contribution in [3.05, 3.63) is 76.2 Å². The molecule has 4 N–H and O–H groups in total. The normalized spacial score (nSPS) is 15.6. The van der Waals surface area contributed by atoms with E-state index in [1.807, 2.05) is 49.4 Å². The Morgan fingerprint density at radius 2 is 1.84 bits per heavy atom. The molecule has 1 aliphatic heterocycles. The van der Waals surface area contributed by atoms with Crippen molar-refractivity contribution < 1.29 is 13.5 Å². The highest BCUT2D eigenvalue weighted by atomic mass is 32.2. The van der Waals surface area contributed by atoms with Crippen molar-refractivity contribution in [3.63, 3.8) is 0 Å². The number of rotatable bonds is 8. The van der Waals surface area contributed by atoms with Crippen molar-refractivity contribution in [1.82, 2.24) is 19.3 Å². The topological polar surface area (TPSA) is 134 Å². The second-order valence-corrected chi connectivity index (χ2v) is 11.7. The van der Waals surface area contributed by atoms with Crippen LogP contribution in [0.1, 0.15) is 11.1 Å². The zero-order valence-electron chi connectivity index (χ0n) is 21.4.